The molecule has 2 amide bonds. The topological polar surface area (TPSA) is 61.8 Å². The lowest BCUT2D eigenvalue weighted by molar-refractivity contribution is -0.134. The van der Waals surface area contributed by atoms with Crippen molar-refractivity contribution in [2.24, 2.45) is 4.99 Å². The van der Waals surface area contributed by atoms with Crippen LogP contribution in [0.15, 0.2) is 35.3 Å². The molecule has 0 aromatic heterocycles. The summed E-state index contributed by atoms with van der Waals surface area (Å²) in [4.78, 5) is 29.5. The number of nitrogens with zero attached hydrogens (tertiary/aromatic N) is 2. The van der Waals surface area contributed by atoms with Gasteiger partial charge in [0.15, 0.2) is 11.2 Å². The fourth-order valence-corrected chi connectivity index (χ4v) is 2.89. The van der Waals surface area contributed by atoms with Gasteiger partial charge in [-0.15, -0.1) is 12.4 Å². The van der Waals surface area contributed by atoms with Crippen molar-refractivity contribution < 1.29 is 9.59 Å². The number of thioether (sulfide) groups is 1. The summed E-state index contributed by atoms with van der Waals surface area (Å²) in [6.07, 6.45) is 0. The Morgan fingerprint density at radius 2 is 2.00 bits per heavy atom. The molecule has 0 spiro atoms. The number of rotatable bonds is 2. The van der Waals surface area contributed by atoms with Crippen LogP contribution >= 0.6 is 24.2 Å². The zero-order chi connectivity index (χ0) is 12.5. The number of nitrogens with one attached hydrogen (secondary N) is 1. The van der Waals surface area contributed by atoms with Gasteiger partial charge in [0.05, 0.1) is 0 Å². The predicted molar refractivity (Wildman–Crippen MR) is 77.7 cm³/mol. The first-order chi connectivity index (χ1) is 8.75. The number of amides is 2. The van der Waals surface area contributed by atoms with E-state index in [4.69, 9.17) is 0 Å². The van der Waals surface area contributed by atoms with Crippen molar-refractivity contribution in [1.29, 1.82) is 0 Å². The summed E-state index contributed by atoms with van der Waals surface area (Å²) in [5.74, 6) is 0.180. The van der Waals surface area contributed by atoms with Crippen LogP contribution in [-0.4, -0.2) is 40.2 Å². The third-order valence-electron chi connectivity index (χ3n) is 2.83. The molecular formula is C12H12ClN3O2S. The molecule has 0 bridgehead atoms. The van der Waals surface area contributed by atoms with Crippen molar-refractivity contribution in [3.8, 4) is 0 Å². The Balaban J connectivity index is 0.00000133. The highest BCUT2D eigenvalue weighted by Crippen LogP contribution is 2.24. The molecule has 1 N–H and O–H groups in total. The van der Waals surface area contributed by atoms with Gasteiger partial charge in [0.1, 0.15) is 0 Å². The normalized spacial score (nSPS) is 21.6. The second kappa shape index (κ2) is 5.63. The van der Waals surface area contributed by atoms with Crippen LogP contribution in [0, 0.1) is 0 Å². The van der Waals surface area contributed by atoms with E-state index in [9.17, 15) is 9.59 Å². The first-order valence-electron chi connectivity index (χ1n) is 5.64. The molecule has 2 aliphatic rings. The van der Waals surface area contributed by atoms with Crippen molar-refractivity contribution >= 4 is 46.8 Å². The molecular weight excluding hydrogens is 286 g/mol. The maximum Gasteiger partial charge on any atom is 0.280 e. The fourth-order valence-electron chi connectivity index (χ4n) is 1.94. The number of carbonyl (C=O) groups excluding carboxylic acids is 2. The lowest BCUT2D eigenvalue weighted by Gasteiger charge is -2.26. The minimum absolute atomic E-state index is 0. The lowest BCUT2D eigenvalue weighted by atomic mass is 10.2. The van der Waals surface area contributed by atoms with Crippen molar-refractivity contribution in [3.63, 3.8) is 0 Å². The molecule has 100 valence electrons. The number of anilines is 1. The molecule has 1 atom stereocenters. The zero-order valence-electron chi connectivity index (χ0n) is 9.91. The molecule has 1 unspecified atom stereocenters. The van der Waals surface area contributed by atoms with E-state index >= 15 is 0 Å². The molecule has 2 heterocycles. The molecule has 0 radical (unpaired) electrons. The fraction of sp³-hybridized carbons (Fsp3) is 0.250. The highest BCUT2D eigenvalue weighted by Gasteiger charge is 2.40. The van der Waals surface area contributed by atoms with Gasteiger partial charge in [-0.05, 0) is 12.1 Å². The maximum atomic E-state index is 12.2. The van der Waals surface area contributed by atoms with Gasteiger partial charge in [0.2, 0.25) is 0 Å². The van der Waals surface area contributed by atoms with Gasteiger partial charge >= 0.3 is 0 Å². The standard InChI is InChI=1S/C12H11N3O2S.ClH/c16-10-9(13-8-4-2-1-3-5-8)11(17)15-6-7-18-12(15)14-10;/h1-5,9,13H,6-7H2;1H. The average Bonchev–Trinajstić information content (AvgIpc) is 2.84. The monoisotopic (exact) mass is 297 g/mol. The number of hydrogen-bond donors (Lipinski definition) is 1. The van der Waals surface area contributed by atoms with E-state index < -0.39 is 11.9 Å². The van der Waals surface area contributed by atoms with Crippen LogP contribution in [0.4, 0.5) is 5.69 Å². The summed E-state index contributed by atoms with van der Waals surface area (Å²) in [5.41, 5.74) is 0.745. The highest BCUT2D eigenvalue weighted by molar-refractivity contribution is 8.14. The van der Waals surface area contributed by atoms with E-state index in [2.05, 4.69) is 10.3 Å². The number of fused-ring (bicyclic) bond motifs is 1. The van der Waals surface area contributed by atoms with Crippen LogP contribution < -0.4 is 5.32 Å². The largest absolute Gasteiger partial charge is 0.366 e. The van der Waals surface area contributed by atoms with E-state index in [1.165, 1.54) is 11.8 Å². The van der Waals surface area contributed by atoms with Crippen LogP contribution in [-0.2, 0) is 9.59 Å². The second-order valence-corrected chi connectivity index (χ2v) is 5.08. The smallest absolute Gasteiger partial charge is 0.280 e. The summed E-state index contributed by atoms with van der Waals surface area (Å²) in [5, 5.41) is 3.47. The summed E-state index contributed by atoms with van der Waals surface area (Å²) in [6, 6.07) is 8.32. The Morgan fingerprint density at radius 3 is 2.74 bits per heavy atom. The molecule has 19 heavy (non-hydrogen) atoms. The van der Waals surface area contributed by atoms with Gasteiger partial charge in [0, 0.05) is 18.0 Å². The van der Waals surface area contributed by atoms with Gasteiger partial charge in [0.25, 0.3) is 11.8 Å². The Bertz CT molecular complexity index is 535. The number of halogens is 1. The SMILES string of the molecule is Cl.O=C1N=C2SCCN2C(=O)C1Nc1ccccc1. The van der Waals surface area contributed by atoms with Crippen molar-refractivity contribution in [3.05, 3.63) is 30.3 Å². The Labute approximate surface area is 120 Å². The van der Waals surface area contributed by atoms with Gasteiger partial charge in [-0.2, -0.15) is 4.99 Å². The lowest BCUT2D eigenvalue weighted by Crippen LogP contribution is -2.51. The third-order valence-corrected chi connectivity index (χ3v) is 3.78. The Morgan fingerprint density at radius 1 is 1.26 bits per heavy atom. The van der Waals surface area contributed by atoms with Crippen molar-refractivity contribution in [2.45, 2.75) is 6.04 Å². The average molecular weight is 298 g/mol. The number of hydrogen-bond acceptors (Lipinski definition) is 4. The van der Waals surface area contributed by atoms with Gasteiger partial charge in [-0.3, -0.25) is 14.5 Å². The molecule has 3 rings (SSSR count). The Kier molecular flexibility index (Phi) is 4.11. The van der Waals surface area contributed by atoms with Crippen LogP contribution in [0.5, 0.6) is 0 Å². The van der Waals surface area contributed by atoms with Crippen LogP contribution in [0.1, 0.15) is 0 Å². The van der Waals surface area contributed by atoms with E-state index in [1.54, 1.807) is 4.90 Å². The van der Waals surface area contributed by atoms with Crippen molar-refractivity contribution in [1.82, 2.24) is 4.90 Å². The van der Waals surface area contributed by atoms with E-state index in [0.717, 1.165) is 11.4 Å². The highest BCUT2D eigenvalue weighted by atomic mass is 35.5. The van der Waals surface area contributed by atoms with Gasteiger partial charge in [-0.1, -0.05) is 30.0 Å². The number of amidine groups is 1. The molecule has 1 aromatic rings. The third kappa shape index (κ3) is 2.59. The molecule has 0 saturated carbocycles. The second-order valence-electron chi connectivity index (χ2n) is 4.01. The van der Waals surface area contributed by atoms with E-state index in [-0.39, 0.29) is 18.3 Å². The molecule has 5 nitrogen and oxygen atoms in total. The Hall–Kier alpha value is -1.53. The minimum Gasteiger partial charge on any atom is -0.366 e. The molecule has 0 aliphatic carbocycles. The number of carbonyl (C=O) groups is 2. The zero-order valence-corrected chi connectivity index (χ0v) is 11.5. The first kappa shape index (κ1) is 13.9. The first-order valence-corrected chi connectivity index (χ1v) is 6.62. The molecule has 1 saturated heterocycles. The van der Waals surface area contributed by atoms with Crippen molar-refractivity contribution in [2.75, 3.05) is 17.6 Å². The number of para-hydroxylation sites is 1. The summed E-state index contributed by atoms with van der Waals surface area (Å²) < 4.78 is 0. The van der Waals surface area contributed by atoms with Crippen LogP contribution in [0.25, 0.3) is 0 Å². The van der Waals surface area contributed by atoms with Gasteiger partial charge < -0.3 is 5.32 Å². The van der Waals surface area contributed by atoms with Gasteiger partial charge in [-0.25, -0.2) is 0 Å². The summed E-state index contributed by atoms with van der Waals surface area (Å²) in [6.45, 7) is 0.628. The molecule has 2 aliphatic heterocycles. The molecule has 1 aromatic carbocycles. The molecule has 7 heteroatoms. The van der Waals surface area contributed by atoms with Crippen LogP contribution in [0.3, 0.4) is 0 Å². The van der Waals surface area contributed by atoms with Crippen LogP contribution in [0.2, 0.25) is 0 Å². The number of aliphatic imine (C=N–C) groups is 1. The quantitative estimate of drug-likeness (QED) is 0.837. The molecule has 1 fully saturated rings. The number of benzene rings is 1. The summed E-state index contributed by atoms with van der Waals surface area (Å²) in [7, 11) is 0. The summed E-state index contributed by atoms with van der Waals surface area (Å²) >= 11 is 1.45. The maximum absolute atomic E-state index is 12.2. The van der Waals surface area contributed by atoms with E-state index in [1.807, 2.05) is 30.3 Å². The van der Waals surface area contributed by atoms with E-state index in [0.29, 0.717) is 11.7 Å². The predicted octanol–water partition coefficient (Wildman–Crippen LogP) is 1.36. The minimum atomic E-state index is -0.894.